The minimum atomic E-state index is -3.56. The Labute approximate surface area is 155 Å². The molecule has 1 unspecified atom stereocenters. The number of carbonyl (C=O) groups is 1. The highest BCUT2D eigenvalue weighted by Crippen LogP contribution is 2.16. The van der Waals surface area contributed by atoms with Crippen LogP contribution < -0.4 is 10.0 Å². The lowest BCUT2D eigenvalue weighted by molar-refractivity contribution is -0.119. The Morgan fingerprint density at radius 1 is 1.04 bits per heavy atom. The molecule has 140 valence electrons. The van der Waals surface area contributed by atoms with Crippen LogP contribution in [0.25, 0.3) is 0 Å². The average molecular weight is 375 g/mol. The summed E-state index contributed by atoms with van der Waals surface area (Å²) in [5, 5.41) is 2.82. The van der Waals surface area contributed by atoms with Gasteiger partial charge >= 0.3 is 0 Å². The normalized spacial score (nSPS) is 12.5. The SMILES string of the molecule is CCCC(C)C(=O)Nc1ccc(S(=O)(=O)NCCc2ccccc2)cc1. The Morgan fingerprint density at radius 2 is 1.69 bits per heavy atom. The molecule has 0 heterocycles. The number of carbonyl (C=O) groups excluding carboxylic acids is 1. The molecule has 0 aliphatic rings. The van der Waals surface area contributed by atoms with E-state index < -0.39 is 10.0 Å². The molecule has 1 amide bonds. The van der Waals surface area contributed by atoms with Crippen LogP contribution in [-0.4, -0.2) is 20.9 Å². The van der Waals surface area contributed by atoms with Crippen LogP contribution >= 0.6 is 0 Å². The van der Waals surface area contributed by atoms with E-state index in [2.05, 4.69) is 10.0 Å². The van der Waals surface area contributed by atoms with E-state index in [0.717, 1.165) is 18.4 Å². The van der Waals surface area contributed by atoms with Gasteiger partial charge in [-0.25, -0.2) is 13.1 Å². The van der Waals surface area contributed by atoms with Crippen molar-refractivity contribution in [3.63, 3.8) is 0 Å². The minimum absolute atomic E-state index is 0.0524. The average Bonchev–Trinajstić information content (AvgIpc) is 2.63. The molecular formula is C20H26N2O3S. The summed E-state index contributed by atoms with van der Waals surface area (Å²) in [5.41, 5.74) is 1.68. The highest BCUT2D eigenvalue weighted by atomic mass is 32.2. The van der Waals surface area contributed by atoms with E-state index in [9.17, 15) is 13.2 Å². The van der Waals surface area contributed by atoms with Crippen molar-refractivity contribution in [3.8, 4) is 0 Å². The number of amides is 1. The predicted octanol–water partition coefficient (Wildman–Crippen LogP) is 3.58. The molecular weight excluding hydrogens is 348 g/mol. The lowest BCUT2D eigenvalue weighted by Crippen LogP contribution is -2.26. The summed E-state index contributed by atoms with van der Waals surface area (Å²) in [7, 11) is -3.56. The van der Waals surface area contributed by atoms with Crippen molar-refractivity contribution in [2.24, 2.45) is 5.92 Å². The highest BCUT2D eigenvalue weighted by molar-refractivity contribution is 7.89. The fourth-order valence-corrected chi connectivity index (χ4v) is 3.64. The molecule has 0 aliphatic carbocycles. The third kappa shape index (κ3) is 5.97. The Balaban J connectivity index is 1.92. The zero-order chi connectivity index (χ0) is 19.0. The first-order valence-electron chi connectivity index (χ1n) is 8.87. The molecule has 5 nitrogen and oxygen atoms in total. The van der Waals surface area contributed by atoms with E-state index >= 15 is 0 Å². The maximum Gasteiger partial charge on any atom is 0.240 e. The second-order valence-electron chi connectivity index (χ2n) is 6.34. The lowest BCUT2D eigenvalue weighted by Gasteiger charge is -2.12. The Hall–Kier alpha value is -2.18. The van der Waals surface area contributed by atoms with Crippen LogP contribution in [0.15, 0.2) is 59.5 Å². The van der Waals surface area contributed by atoms with Crippen LogP contribution in [0, 0.1) is 5.92 Å². The van der Waals surface area contributed by atoms with Gasteiger partial charge in [0.2, 0.25) is 15.9 Å². The summed E-state index contributed by atoms with van der Waals surface area (Å²) >= 11 is 0. The third-order valence-electron chi connectivity index (χ3n) is 4.15. The molecule has 0 aliphatic heterocycles. The van der Waals surface area contributed by atoms with Crippen molar-refractivity contribution >= 4 is 21.6 Å². The highest BCUT2D eigenvalue weighted by Gasteiger charge is 2.15. The van der Waals surface area contributed by atoms with Gasteiger partial charge in [-0.05, 0) is 42.7 Å². The van der Waals surface area contributed by atoms with Crippen molar-refractivity contribution in [1.29, 1.82) is 0 Å². The topological polar surface area (TPSA) is 75.3 Å². The van der Waals surface area contributed by atoms with Crippen LogP contribution in [0.1, 0.15) is 32.3 Å². The second-order valence-corrected chi connectivity index (χ2v) is 8.10. The maximum absolute atomic E-state index is 12.4. The monoisotopic (exact) mass is 374 g/mol. The molecule has 2 rings (SSSR count). The molecule has 2 aromatic rings. The van der Waals surface area contributed by atoms with E-state index in [1.807, 2.05) is 44.2 Å². The number of rotatable bonds is 9. The number of benzene rings is 2. The summed E-state index contributed by atoms with van der Waals surface area (Å²) < 4.78 is 27.3. The number of hydrogen-bond donors (Lipinski definition) is 2. The molecule has 2 N–H and O–H groups in total. The molecule has 0 bridgehead atoms. The van der Waals surface area contributed by atoms with Crippen molar-refractivity contribution in [3.05, 3.63) is 60.2 Å². The van der Waals surface area contributed by atoms with Crippen LogP contribution in [0.2, 0.25) is 0 Å². The lowest BCUT2D eigenvalue weighted by atomic mass is 10.1. The number of hydrogen-bond acceptors (Lipinski definition) is 3. The van der Waals surface area contributed by atoms with Crippen molar-refractivity contribution in [2.45, 2.75) is 38.0 Å². The van der Waals surface area contributed by atoms with Gasteiger partial charge in [-0.2, -0.15) is 0 Å². The first-order chi connectivity index (χ1) is 12.4. The number of anilines is 1. The molecule has 0 saturated heterocycles. The van der Waals surface area contributed by atoms with Gasteiger partial charge in [0.15, 0.2) is 0 Å². The minimum Gasteiger partial charge on any atom is -0.326 e. The van der Waals surface area contributed by atoms with E-state index in [4.69, 9.17) is 0 Å². The molecule has 0 fully saturated rings. The molecule has 0 saturated carbocycles. The molecule has 26 heavy (non-hydrogen) atoms. The first kappa shape index (κ1) is 20.1. The van der Waals surface area contributed by atoms with E-state index in [1.54, 1.807) is 12.1 Å². The molecule has 2 aromatic carbocycles. The van der Waals surface area contributed by atoms with Gasteiger partial charge in [0.25, 0.3) is 0 Å². The van der Waals surface area contributed by atoms with Crippen molar-refractivity contribution < 1.29 is 13.2 Å². The van der Waals surface area contributed by atoms with Gasteiger partial charge in [0.1, 0.15) is 0 Å². The largest absolute Gasteiger partial charge is 0.326 e. The second kappa shape index (κ2) is 9.50. The van der Waals surface area contributed by atoms with E-state index in [0.29, 0.717) is 18.7 Å². The van der Waals surface area contributed by atoms with Crippen LogP contribution in [0.3, 0.4) is 0 Å². The van der Waals surface area contributed by atoms with Crippen LogP contribution in [0.5, 0.6) is 0 Å². The molecule has 6 heteroatoms. The van der Waals surface area contributed by atoms with Gasteiger partial charge < -0.3 is 5.32 Å². The summed E-state index contributed by atoms with van der Waals surface area (Å²) in [5.74, 6) is -0.119. The fourth-order valence-electron chi connectivity index (χ4n) is 2.60. The summed E-state index contributed by atoms with van der Waals surface area (Å²) in [4.78, 5) is 12.2. The molecule has 0 radical (unpaired) electrons. The zero-order valence-corrected chi connectivity index (χ0v) is 16.1. The Bertz CT molecular complexity index is 803. The van der Waals surface area contributed by atoms with E-state index in [1.165, 1.54) is 12.1 Å². The number of nitrogens with one attached hydrogen (secondary N) is 2. The first-order valence-corrected chi connectivity index (χ1v) is 10.3. The van der Waals surface area contributed by atoms with Gasteiger partial charge in [-0.15, -0.1) is 0 Å². The van der Waals surface area contributed by atoms with Crippen LogP contribution in [-0.2, 0) is 21.2 Å². The third-order valence-corrected chi connectivity index (χ3v) is 5.63. The summed E-state index contributed by atoms with van der Waals surface area (Å²) in [6, 6.07) is 15.9. The fraction of sp³-hybridized carbons (Fsp3) is 0.350. The van der Waals surface area contributed by atoms with Crippen LogP contribution in [0.4, 0.5) is 5.69 Å². The van der Waals surface area contributed by atoms with Crippen molar-refractivity contribution in [1.82, 2.24) is 4.72 Å². The van der Waals surface area contributed by atoms with Gasteiger partial charge in [0.05, 0.1) is 4.90 Å². The van der Waals surface area contributed by atoms with Gasteiger partial charge in [0, 0.05) is 18.2 Å². The van der Waals surface area contributed by atoms with E-state index in [-0.39, 0.29) is 16.7 Å². The smallest absolute Gasteiger partial charge is 0.240 e. The summed E-state index contributed by atoms with van der Waals surface area (Å²) in [6.45, 7) is 4.25. The van der Waals surface area contributed by atoms with Gasteiger partial charge in [-0.3, -0.25) is 4.79 Å². The quantitative estimate of drug-likeness (QED) is 0.704. The Kier molecular flexibility index (Phi) is 7.36. The number of sulfonamides is 1. The summed E-state index contributed by atoms with van der Waals surface area (Å²) in [6.07, 6.45) is 2.40. The molecule has 1 atom stereocenters. The van der Waals surface area contributed by atoms with Crippen molar-refractivity contribution in [2.75, 3.05) is 11.9 Å². The zero-order valence-electron chi connectivity index (χ0n) is 15.2. The molecule has 0 aromatic heterocycles. The standard InChI is InChI=1S/C20H26N2O3S/c1-3-7-16(2)20(23)22-18-10-12-19(13-11-18)26(24,25)21-15-14-17-8-5-4-6-9-17/h4-6,8-13,16,21H,3,7,14-15H2,1-2H3,(H,22,23). The predicted molar refractivity (Wildman–Crippen MR) is 104 cm³/mol. The Morgan fingerprint density at radius 3 is 2.31 bits per heavy atom. The maximum atomic E-state index is 12.4. The van der Waals surface area contributed by atoms with Gasteiger partial charge in [-0.1, -0.05) is 50.6 Å². The molecule has 0 spiro atoms.